The molecule has 1 aromatic carbocycles. The Balaban J connectivity index is 1.74. The van der Waals surface area contributed by atoms with Crippen LogP contribution >= 0.6 is 0 Å². The Bertz CT molecular complexity index is 889. The lowest BCUT2D eigenvalue weighted by molar-refractivity contribution is 0.174. The molecule has 0 spiro atoms. The van der Waals surface area contributed by atoms with Gasteiger partial charge in [0.2, 0.25) is 6.79 Å². The molecular weight excluding hydrogens is 270 g/mol. The summed E-state index contributed by atoms with van der Waals surface area (Å²) in [5, 5.41) is 0.563. The summed E-state index contributed by atoms with van der Waals surface area (Å²) < 4.78 is 12.2. The van der Waals surface area contributed by atoms with Crippen LogP contribution in [-0.4, -0.2) is 21.3 Å². The zero-order chi connectivity index (χ0) is 14.2. The molecule has 6 heteroatoms. The van der Waals surface area contributed by atoms with Crippen molar-refractivity contribution in [3.8, 4) is 11.5 Å². The number of hydrogen-bond acceptors (Lipinski definition) is 5. The molecule has 0 fully saturated rings. The maximum atomic E-state index is 12.4. The van der Waals surface area contributed by atoms with Crippen LogP contribution in [0.2, 0.25) is 0 Å². The fourth-order valence-electron chi connectivity index (χ4n) is 2.36. The van der Waals surface area contributed by atoms with Gasteiger partial charge >= 0.3 is 0 Å². The molecule has 3 aromatic rings. The Hall–Kier alpha value is -2.89. The van der Waals surface area contributed by atoms with Crippen molar-refractivity contribution >= 4 is 10.9 Å². The van der Waals surface area contributed by atoms with E-state index in [2.05, 4.69) is 9.97 Å². The quantitative estimate of drug-likeness (QED) is 0.713. The molecule has 0 radical (unpaired) electrons. The van der Waals surface area contributed by atoms with Crippen LogP contribution < -0.4 is 15.0 Å². The highest BCUT2D eigenvalue weighted by Crippen LogP contribution is 2.32. The van der Waals surface area contributed by atoms with Gasteiger partial charge in [-0.1, -0.05) is 6.07 Å². The highest BCUT2D eigenvalue weighted by Gasteiger charge is 2.13. The second kappa shape index (κ2) is 4.59. The summed E-state index contributed by atoms with van der Waals surface area (Å²) in [6, 6.07) is 7.32. The van der Waals surface area contributed by atoms with Gasteiger partial charge in [0.25, 0.3) is 5.56 Å². The third kappa shape index (κ3) is 2.01. The molecule has 21 heavy (non-hydrogen) atoms. The van der Waals surface area contributed by atoms with Crippen LogP contribution in [-0.2, 0) is 6.54 Å². The van der Waals surface area contributed by atoms with Gasteiger partial charge in [-0.2, -0.15) is 0 Å². The van der Waals surface area contributed by atoms with Gasteiger partial charge in [0.15, 0.2) is 11.5 Å². The smallest absolute Gasteiger partial charge is 0.261 e. The number of aromatic nitrogens is 3. The minimum Gasteiger partial charge on any atom is -0.454 e. The van der Waals surface area contributed by atoms with Crippen LogP contribution in [0.4, 0.5) is 0 Å². The van der Waals surface area contributed by atoms with Crippen LogP contribution in [0.1, 0.15) is 5.56 Å². The predicted octanol–water partition coefficient (Wildman–Crippen LogP) is 1.57. The minimum absolute atomic E-state index is 0.0833. The normalized spacial score (nSPS) is 12.8. The maximum Gasteiger partial charge on any atom is 0.261 e. The Morgan fingerprint density at radius 1 is 1.19 bits per heavy atom. The van der Waals surface area contributed by atoms with Crippen molar-refractivity contribution in [3.05, 3.63) is 58.9 Å². The summed E-state index contributed by atoms with van der Waals surface area (Å²) in [6.07, 6.45) is 4.72. The molecule has 0 N–H and O–H groups in total. The summed E-state index contributed by atoms with van der Waals surface area (Å²) >= 11 is 0. The van der Waals surface area contributed by atoms with Crippen molar-refractivity contribution < 1.29 is 9.47 Å². The van der Waals surface area contributed by atoms with Gasteiger partial charge in [-0.3, -0.25) is 14.3 Å². The molecule has 0 saturated carbocycles. The van der Waals surface area contributed by atoms with Crippen molar-refractivity contribution in [2.75, 3.05) is 6.79 Å². The van der Waals surface area contributed by atoms with Crippen molar-refractivity contribution in [1.82, 2.24) is 14.5 Å². The molecule has 2 aromatic heterocycles. The van der Waals surface area contributed by atoms with Gasteiger partial charge in [0, 0.05) is 6.20 Å². The first-order valence-corrected chi connectivity index (χ1v) is 6.49. The van der Waals surface area contributed by atoms with Crippen LogP contribution in [0.5, 0.6) is 11.5 Å². The summed E-state index contributed by atoms with van der Waals surface area (Å²) in [4.78, 5) is 20.6. The third-order valence-electron chi connectivity index (χ3n) is 3.42. The highest BCUT2D eigenvalue weighted by atomic mass is 16.7. The largest absolute Gasteiger partial charge is 0.454 e. The van der Waals surface area contributed by atoms with Crippen LogP contribution in [0.3, 0.4) is 0 Å². The standard InChI is InChI=1S/C15H11N3O3/c19-15-11-3-4-16-6-12(11)17-8-18(15)7-10-1-2-13-14(5-10)21-9-20-13/h1-6,8H,7,9H2. The number of hydrogen-bond donors (Lipinski definition) is 0. The van der Waals surface area contributed by atoms with Gasteiger partial charge in [-0.25, -0.2) is 4.98 Å². The monoisotopic (exact) mass is 281 g/mol. The van der Waals surface area contributed by atoms with E-state index in [-0.39, 0.29) is 12.4 Å². The molecule has 1 aliphatic rings. The molecule has 6 nitrogen and oxygen atoms in total. The van der Waals surface area contributed by atoms with E-state index in [4.69, 9.17) is 9.47 Å². The third-order valence-corrected chi connectivity index (χ3v) is 3.42. The number of ether oxygens (including phenoxy) is 2. The van der Waals surface area contributed by atoms with E-state index in [1.54, 1.807) is 23.0 Å². The van der Waals surface area contributed by atoms with E-state index in [1.807, 2.05) is 18.2 Å². The molecule has 4 rings (SSSR count). The van der Waals surface area contributed by atoms with Gasteiger partial charge < -0.3 is 9.47 Å². The zero-order valence-corrected chi connectivity index (χ0v) is 11.0. The lowest BCUT2D eigenvalue weighted by atomic mass is 10.2. The molecule has 104 valence electrons. The van der Waals surface area contributed by atoms with E-state index in [0.717, 1.165) is 11.3 Å². The Morgan fingerprint density at radius 2 is 2.10 bits per heavy atom. The summed E-state index contributed by atoms with van der Waals surface area (Å²) in [5.74, 6) is 1.44. The SMILES string of the molecule is O=c1c2ccncc2ncn1Cc1ccc2c(c1)OCO2. The molecule has 1 aliphatic heterocycles. The molecule has 0 unspecified atom stereocenters. The summed E-state index contributed by atoms with van der Waals surface area (Å²) in [5.41, 5.74) is 1.47. The first-order chi connectivity index (χ1) is 10.3. The Labute approximate surface area is 119 Å². The summed E-state index contributed by atoms with van der Waals surface area (Å²) in [6.45, 7) is 0.671. The van der Waals surface area contributed by atoms with Crippen molar-refractivity contribution in [1.29, 1.82) is 0 Å². The van der Waals surface area contributed by atoms with E-state index in [0.29, 0.717) is 23.2 Å². The maximum absolute atomic E-state index is 12.4. The topological polar surface area (TPSA) is 66.2 Å². The molecule has 0 saturated heterocycles. The van der Waals surface area contributed by atoms with Crippen LogP contribution in [0, 0.1) is 0 Å². The average Bonchev–Trinajstić information content (AvgIpc) is 2.98. The summed E-state index contributed by atoms with van der Waals surface area (Å²) in [7, 11) is 0. The number of benzene rings is 1. The highest BCUT2D eigenvalue weighted by molar-refractivity contribution is 5.75. The number of pyridine rings is 1. The molecule has 0 atom stereocenters. The van der Waals surface area contributed by atoms with E-state index >= 15 is 0 Å². The first-order valence-electron chi connectivity index (χ1n) is 6.49. The Kier molecular flexibility index (Phi) is 2.60. The minimum atomic E-state index is -0.0833. The van der Waals surface area contributed by atoms with Crippen molar-refractivity contribution in [2.45, 2.75) is 6.54 Å². The van der Waals surface area contributed by atoms with Gasteiger partial charge in [-0.15, -0.1) is 0 Å². The lowest BCUT2D eigenvalue weighted by Crippen LogP contribution is -2.21. The number of nitrogens with zero attached hydrogens (tertiary/aromatic N) is 3. The molecule has 0 aliphatic carbocycles. The van der Waals surface area contributed by atoms with Crippen LogP contribution in [0.25, 0.3) is 10.9 Å². The molecule has 0 bridgehead atoms. The zero-order valence-electron chi connectivity index (χ0n) is 11.0. The van der Waals surface area contributed by atoms with Crippen LogP contribution in [0.15, 0.2) is 47.8 Å². The first kappa shape index (κ1) is 11.9. The van der Waals surface area contributed by atoms with E-state index < -0.39 is 0 Å². The lowest BCUT2D eigenvalue weighted by Gasteiger charge is -2.07. The van der Waals surface area contributed by atoms with E-state index in [9.17, 15) is 4.79 Å². The number of fused-ring (bicyclic) bond motifs is 2. The fourth-order valence-corrected chi connectivity index (χ4v) is 2.36. The second-order valence-corrected chi connectivity index (χ2v) is 4.76. The fraction of sp³-hybridized carbons (Fsp3) is 0.133. The molecular formula is C15H11N3O3. The van der Waals surface area contributed by atoms with Crippen molar-refractivity contribution in [3.63, 3.8) is 0 Å². The van der Waals surface area contributed by atoms with E-state index in [1.165, 1.54) is 6.33 Å². The van der Waals surface area contributed by atoms with Gasteiger partial charge in [0.1, 0.15) is 0 Å². The average molecular weight is 281 g/mol. The molecule has 3 heterocycles. The van der Waals surface area contributed by atoms with Gasteiger partial charge in [0.05, 0.1) is 30.0 Å². The van der Waals surface area contributed by atoms with Crippen molar-refractivity contribution in [2.24, 2.45) is 0 Å². The van der Waals surface area contributed by atoms with Gasteiger partial charge in [-0.05, 0) is 23.8 Å². The second-order valence-electron chi connectivity index (χ2n) is 4.76. The number of rotatable bonds is 2. The predicted molar refractivity (Wildman–Crippen MR) is 75.5 cm³/mol. The Morgan fingerprint density at radius 3 is 3.05 bits per heavy atom. The molecule has 0 amide bonds.